The van der Waals surface area contributed by atoms with Gasteiger partial charge in [-0.2, -0.15) is 0 Å². The molecule has 4 rings (SSSR count). The van der Waals surface area contributed by atoms with Gasteiger partial charge in [0.25, 0.3) is 5.56 Å². The molecule has 0 fully saturated rings. The molecule has 0 saturated carbocycles. The Labute approximate surface area is 216 Å². The summed E-state index contributed by atoms with van der Waals surface area (Å²) in [6, 6.07) is 2.75. The van der Waals surface area contributed by atoms with Gasteiger partial charge in [0.05, 0.1) is 29.9 Å². The van der Waals surface area contributed by atoms with E-state index in [4.69, 9.17) is 46.4 Å². The second-order valence-electron chi connectivity index (χ2n) is 5.48. The van der Waals surface area contributed by atoms with E-state index in [2.05, 4.69) is 46.8 Å². The summed E-state index contributed by atoms with van der Waals surface area (Å²) >= 11 is 28.7. The number of benzene rings is 2. The van der Waals surface area contributed by atoms with Crippen molar-refractivity contribution in [3.8, 4) is 0 Å². The maximum Gasteiger partial charge on any atom is 0.326 e. The fourth-order valence-corrected chi connectivity index (χ4v) is 3.76. The Kier molecular flexibility index (Phi) is 10.1. The lowest BCUT2D eigenvalue weighted by molar-refractivity contribution is 0.629. The number of aromatic nitrogens is 4. The smallest absolute Gasteiger partial charge is 0.304 e. The molecule has 0 unspecified atom stereocenters. The number of aromatic amines is 2. The largest absolute Gasteiger partial charge is 0.326 e. The average molecular weight is 656 g/mol. The number of nitrogens with zero attached hydrogens (tertiary/aromatic N) is 2. The predicted molar refractivity (Wildman–Crippen MR) is 134 cm³/mol. The molecular weight excluding hydrogens is 644 g/mol. The summed E-state index contributed by atoms with van der Waals surface area (Å²) in [5.74, 6) is -1.37. The Balaban J connectivity index is 0.000000301. The maximum absolute atomic E-state index is 13.7. The number of halogens is 8. The number of nitrogens with one attached hydrogen (secondary N) is 2. The fourth-order valence-electron chi connectivity index (χ4n) is 2.32. The Morgan fingerprint density at radius 1 is 0.812 bits per heavy atom. The first-order chi connectivity index (χ1) is 14.0. The van der Waals surface area contributed by atoms with Crippen molar-refractivity contribution in [2.75, 3.05) is 0 Å². The van der Waals surface area contributed by atoms with Gasteiger partial charge >= 0.3 is 5.69 Å². The third-order valence-electron chi connectivity index (χ3n) is 3.63. The SMILES string of the molecule is C.C.Fc1c(Br)c(Cl)cc2c(Cl)nc(Cl)nc12.O=c1[nH]c(=O)c2cc(Cl)c(Br)c(F)c2[nH]1. The fraction of sp³-hybridized carbons (Fsp3) is 0.111. The minimum atomic E-state index is -0.763. The van der Waals surface area contributed by atoms with Crippen LogP contribution >= 0.6 is 78.3 Å². The summed E-state index contributed by atoms with van der Waals surface area (Å²) in [5.41, 5.74) is -1.57. The van der Waals surface area contributed by atoms with Crippen molar-refractivity contribution < 1.29 is 8.78 Å². The van der Waals surface area contributed by atoms with Gasteiger partial charge in [0.2, 0.25) is 5.28 Å². The first kappa shape index (κ1) is 28.7. The molecular formula is C18H12Br2Cl4F2N4O2. The summed E-state index contributed by atoms with van der Waals surface area (Å²) in [6.45, 7) is 0. The van der Waals surface area contributed by atoms with Gasteiger partial charge in [-0.25, -0.2) is 23.5 Å². The van der Waals surface area contributed by atoms with Gasteiger partial charge in [-0.05, 0) is 55.6 Å². The summed E-state index contributed by atoms with van der Waals surface area (Å²) in [6.07, 6.45) is 0. The van der Waals surface area contributed by atoms with Crippen LogP contribution in [0.15, 0.2) is 30.7 Å². The third-order valence-corrected chi connectivity index (χ3v) is 6.69. The van der Waals surface area contributed by atoms with E-state index >= 15 is 0 Å². The van der Waals surface area contributed by atoms with Crippen LogP contribution in [0.5, 0.6) is 0 Å². The van der Waals surface area contributed by atoms with Gasteiger partial charge in [0.15, 0.2) is 11.6 Å². The quantitative estimate of drug-likeness (QED) is 0.116. The second kappa shape index (κ2) is 11.2. The van der Waals surface area contributed by atoms with Crippen LogP contribution < -0.4 is 11.2 Å². The molecule has 0 atom stereocenters. The summed E-state index contributed by atoms with van der Waals surface area (Å²) < 4.78 is 27.4. The van der Waals surface area contributed by atoms with Gasteiger partial charge in [-0.15, -0.1) is 0 Å². The van der Waals surface area contributed by atoms with Crippen LogP contribution in [0.3, 0.4) is 0 Å². The standard InChI is InChI=1S/C8HBrCl3FN2.C8H3BrClFN2O2.2CH4/c9-4-3(10)1-2-6(5(4)13)14-8(12)15-7(2)11;9-4-3(10)1-2-6(5(4)11)12-8(15)13-7(2)14;;/h1H;1H,(H2,12,13,14,15);2*1H4. The Bertz CT molecular complexity index is 1450. The topological polar surface area (TPSA) is 91.5 Å². The molecule has 0 aliphatic carbocycles. The Hall–Kier alpha value is -1.30. The highest BCUT2D eigenvalue weighted by molar-refractivity contribution is 9.10. The van der Waals surface area contributed by atoms with E-state index in [1.807, 2.05) is 4.98 Å². The minimum Gasteiger partial charge on any atom is -0.304 e. The zero-order valence-electron chi connectivity index (χ0n) is 13.9. The molecule has 0 bridgehead atoms. The van der Waals surface area contributed by atoms with Gasteiger partial charge in [-0.3, -0.25) is 9.78 Å². The van der Waals surface area contributed by atoms with Crippen LogP contribution in [0.1, 0.15) is 14.9 Å². The van der Waals surface area contributed by atoms with Crippen LogP contribution in [0.2, 0.25) is 20.5 Å². The predicted octanol–water partition coefficient (Wildman–Crippen LogP) is 7.54. The molecule has 2 aromatic carbocycles. The van der Waals surface area contributed by atoms with E-state index in [-0.39, 0.29) is 60.7 Å². The molecule has 2 N–H and O–H groups in total. The molecule has 32 heavy (non-hydrogen) atoms. The summed E-state index contributed by atoms with van der Waals surface area (Å²) in [5, 5.41) is 0.552. The molecule has 4 aromatic rings. The molecule has 0 spiro atoms. The van der Waals surface area contributed by atoms with Crippen molar-refractivity contribution in [2.24, 2.45) is 0 Å². The van der Waals surface area contributed by atoms with Crippen LogP contribution in [-0.2, 0) is 0 Å². The van der Waals surface area contributed by atoms with Crippen LogP contribution in [0, 0.1) is 11.6 Å². The number of hydrogen-bond acceptors (Lipinski definition) is 4. The molecule has 14 heteroatoms. The third kappa shape index (κ3) is 5.60. The Morgan fingerprint density at radius 2 is 1.34 bits per heavy atom. The lowest BCUT2D eigenvalue weighted by Crippen LogP contribution is -2.22. The van der Waals surface area contributed by atoms with Crippen molar-refractivity contribution in [3.05, 3.63) is 74.0 Å². The number of H-pyrrole nitrogens is 2. The number of fused-ring (bicyclic) bond motifs is 2. The van der Waals surface area contributed by atoms with Crippen molar-refractivity contribution in [3.63, 3.8) is 0 Å². The first-order valence-electron chi connectivity index (χ1n) is 7.47. The molecule has 6 nitrogen and oxygen atoms in total. The molecule has 0 amide bonds. The van der Waals surface area contributed by atoms with Gasteiger partial charge in [0, 0.05) is 5.39 Å². The van der Waals surface area contributed by atoms with E-state index in [0.717, 1.165) is 0 Å². The second-order valence-corrected chi connectivity index (χ2v) is 8.58. The lowest BCUT2D eigenvalue weighted by atomic mass is 10.2. The van der Waals surface area contributed by atoms with Crippen LogP contribution in [0.4, 0.5) is 8.78 Å². The van der Waals surface area contributed by atoms with Gasteiger partial charge < -0.3 is 4.98 Å². The molecule has 0 aliphatic heterocycles. The van der Waals surface area contributed by atoms with E-state index in [0.29, 0.717) is 5.39 Å². The lowest BCUT2D eigenvalue weighted by Gasteiger charge is -2.04. The van der Waals surface area contributed by atoms with E-state index in [1.54, 1.807) is 0 Å². The first-order valence-corrected chi connectivity index (χ1v) is 10.6. The minimum absolute atomic E-state index is 0. The zero-order valence-corrected chi connectivity index (χ0v) is 20.1. The van der Waals surface area contributed by atoms with Gasteiger partial charge in [-0.1, -0.05) is 49.7 Å². The van der Waals surface area contributed by atoms with E-state index in [9.17, 15) is 18.4 Å². The molecule has 0 aliphatic rings. The molecule has 2 aromatic heterocycles. The van der Waals surface area contributed by atoms with Crippen molar-refractivity contribution >= 4 is 100 Å². The molecule has 0 saturated heterocycles. The van der Waals surface area contributed by atoms with Gasteiger partial charge in [0.1, 0.15) is 10.7 Å². The van der Waals surface area contributed by atoms with Crippen molar-refractivity contribution in [1.29, 1.82) is 0 Å². The highest BCUT2D eigenvalue weighted by Gasteiger charge is 2.15. The van der Waals surface area contributed by atoms with E-state index in [1.165, 1.54) is 12.1 Å². The maximum atomic E-state index is 13.7. The van der Waals surface area contributed by atoms with Crippen LogP contribution in [-0.4, -0.2) is 19.9 Å². The average Bonchev–Trinajstić information content (AvgIpc) is 2.67. The Morgan fingerprint density at radius 3 is 1.94 bits per heavy atom. The van der Waals surface area contributed by atoms with Crippen molar-refractivity contribution in [2.45, 2.75) is 14.9 Å². The summed E-state index contributed by atoms with van der Waals surface area (Å²) in [4.78, 5) is 33.8. The highest BCUT2D eigenvalue weighted by Crippen LogP contribution is 2.34. The summed E-state index contributed by atoms with van der Waals surface area (Å²) in [7, 11) is 0. The molecule has 0 radical (unpaired) electrons. The number of rotatable bonds is 0. The molecule has 172 valence electrons. The zero-order chi connectivity index (χ0) is 22.3. The number of hydrogen-bond donors (Lipinski definition) is 2. The highest BCUT2D eigenvalue weighted by atomic mass is 79.9. The van der Waals surface area contributed by atoms with E-state index < -0.39 is 22.9 Å². The van der Waals surface area contributed by atoms with Crippen molar-refractivity contribution in [1.82, 2.24) is 19.9 Å². The van der Waals surface area contributed by atoms with Crippen LogP contribution in [0.25, 0.3) is 21.8 Å². The monoisotopic (exact) mass is 652 g/mol. The normalized spacial score (nSPS) is 10.2. The molecule has 2 heterocycles.